The summed E-state index contributed by atoms with van der Waals surface area (Å²) in [7, 11) is 0. The maximum atomic E-state index is 6.25. The molecule has 21 heavy (non-hydrogen) atoms. The van der Waals surface area contributed by atoms with Crippen LogP contribution in [-0.2, 0) is 0 Å². The van der Waals surface area contributed by atoms with Gasteiger partial charge in [0.25, 0.3) is 0 Å². The molecule has 1 fully saturated rings. The van der Waals surface area contributed by atoms with Gasteiger partial charge in [0.1, 0.15) is 5.76 Å². The van der Waals surface area contributed by atoms with Crippen molar-refractivity contribution in [3.8, 4) is 0 Å². The van der Waals surface area contributed by atoms with Crippen molar-refractivity contribution in [1.29, 1.82) is 0 Å². The molecule has 0 bridgehead atoms. The average molecular weight is 306 g/mol. The molecule has 3 atom stereocenters. The summed E-state index contributed by atoms with van der Waals surface area (Å²) in [6.07, 6.45) is 5.08. The van der Waals surface area contributed by atoms with E-state index in [9.17, 15) is 0 Å². The lowest BCUT2D eigenvalue weighted by molar-refractivity contribution is 0.270. The molecule has 0 radical (unpaired) electrons. The third kappa shape index (κ3) is 2.97. The van der Waals surface area contributed by atoms with Crippen LogP contribution in [0.2, 0.25) is 5.02 Å². The third-order valence-corrected chi connectivity index (χ3v) is 5.09. The number of halogens is 1. The Morgan fingerprint density at radius 2 is 2.24 bits per heavy atom. The smallest absolute Gasteiger partial charge is 0.152 e. The summed E-state index contributed by atoms with van der Waals surface area (Å²) < 4.78 is 6.12. The summed E-state index contributed by atoms with van der Waals surface area (Å²) in [5.41, 5.74) is 0.822. The second-order valence-electron chi connectivity index (χ2n) is 6.31. The Kier molecular flexibility index (Phi) is 4.56. The van der Waals surface area contributed by atoms with E-state index >= 15 is 0 Å². The molecule has 0 saturated heterocycles. The molecule has 1 N–H and O–H groups in total. The van der Waals surface area contributed by atoms with Crippen LogP contribution in [0.1, 0.15) is 51.3 Å². The second-order valence-corrected chi connectivity index (χ2v) is 6.72. The first-order valence-electron chi connectivity index (χ1n) is 8.12. The summed E-state index contributed by atoms with van der Waals surface area (Å²) in [6.45, 7) is 5.60. The van der Waals surface area contributed by atoms with Crippen LogP contribution in [0.3, 0.4) is 0 Å². The molecule has 0 aliphatic heterocycles. The van der Waals surface area contributed by atoms with Gasteiger partial charge in [-0.25, -0.2) is 0 Å². The van der Waals surface area contributed by atoms with Crippen LogP contribution >= 0.6 is 11.6 Å². The molecule has 1 heterocycles. The van der Waals surface area contributed by atoms with E-state index in [4.69, 9.17) is 16.0 Å². The predicted molar refractivity (Wildman–Crippen MR) is 88.8 cm³/mol. The lowest BCUT2D eigenvalue weighted by Crippen LogP contribution is -2.30. The minimum atomic E-state index is 0.311. The number of nitrogens with one attached hydrogen (secondary N) is 1. The van der Waals surface area contributed by atoms with Gasteiger partial charge in [-0.05, 0) is 43.4 Å². The van der Waals surface area contributed by atoms with Crippen LogP contribution in [-0.4, -0.2) is 6.54 Å². The average Bonchev–Trinajstić information content (AvgIpc) is 3.07. The van der Waals surface area contributed by atoms with Crippen molar-refractivity contribution in [2.45, 2.75) is 45.6 Å². The number of rotatable bonds is 5. The first kappa shape index (κ1) is 14.9. The van der Waals surface area contributed by atoms with E-state index < -0.39 is 0 Å². The molecule has 1 saturated carbocycles. The quantitative estimate of drug-likeness (QED) is 0.782. The molecule has 1 aliphatic carbocycles. The number of benzene rings is 1. The lowest BCUT2D eigenvalue weighted by atomic mass is 9.88. The van der Waals surface area contributed by atoms with Crippen molar-refractivity contribution in [1.82, 2.24) is 5.32 Å². The van der Waals surface area contributed by atoms with Crippen LogP contribution in [0.4, 0.5) is 0 Å². The van der Waals surface area contributed by atoms with E-state index in [2.05, 4.69) is 31.3 Å². The van der Waals surface area contributed by atoms with Crippen LogP contribution in [0.5, 0.6) is 0 Å². The zero-order chi connectivity index (χ0) is 14.8. The largest absolute Gasteiger partial charge is 0.458 e. The molecule has 114 valence electrons. The van der Waals surface area contributed by atoms with Crippen molar-refractivity contribution in [2.75, 3.05) is 6.54 Å². The topological polar surface area (TPSA) is 25.2 Å². The highest BCUT2D eigenvalue weighted by Crippen LogP contribution is 2.41. The highest BCUT2D eigenvalue weighted by Gasteiger charge is 2.33. The Hall–Kier alpha value is -0.990. The molecular weight excluding hydrogens is 282 g/mol. The fraction of sp³-hybridized carbons (Fsp3) is 0.556. The SMILES string of the molecule is CCCNC(c1cc2cccc(Cl)c2o1)C1CCCC1C. The fourth-order valence-electron chi connectivity index (χ4n) is 3.63. The van der Waals surface area contributed by atoms with Gasteiger partial charge in [-0.1, -0.05) is 50.4 Å². The summed E-state index contributed by atoms with van der Waals surface area (Å²) in [4.78, 5) is 0. The van der Waals surface area contributed by atoms with Gasteiger partial charge in [0.2, 0.25) is 0 Å². The van der Waals surface area contributed by atoms with Crippen LogP contribution in [0.15, 0.2) is 28.7 Å². The Labute approximate surface area is 131 Å². The highest BCUT2D eigenvalue weighted by atomic mass is 35.5. The maximum absolute atomic E-state index is 6.25. The zero-order valence-corrected chi connectivity index (χ0v) is 13.6. The minimum absolute atomic E-state index is 0.311. The van der Waals surface area contributed by atoms with Gasteiger partial charge in [0.05, 0.1) is 11.1 Å². The Morgan fingerprint density at radius 3 is 2.90 bits per heavy atom. The van der Waals surface area contributed by atoms with Crippen molar-refractivity contribution in [3.05, 3.63) is 35.0 Å². The molecular formula is C18H24ClNO. The standard InChI is InChI=1S/C18H24ClNO/c1-3-10-20-17(14-8-4-6-12(14)2)16-11-13-7-5-9-15(19)18(13)21-16/h5,7,9,11-12,14,17,20H,3-4,6,8,10H2,1-2H3. The summed E-state index contributed by atoms with van der Waals surface area (Å²) in [5, 5.41) is 5.51. The zero-order valence-electron chi connectivity index (χ0n) is 12.9. The van der Waals surface area contributed by atoms with Gasteiger partial charge < -0.3 is 9.73 Å². The van der Waals surface area contributed by atoms with Crippen molar-refractivity contribution in [3.63, 3.8) is 0 Å². The van der Waals surface area contributed by atoms with Crippen LogP contribution < -0.4 is 5.32 Å². The number of hydrogen-bond donors (Lipinski definition) is 1. The van der Waals surface area contributed by atoms with Gasteiger partial charge in [0.15, 0.2) is 5.58 Å². The molecule has 2 aromatic rings. The molecule has 2 nitrogen and oxygen atoms in total. The van der Waals surface area contributed by atoms with Gasteiger partial charge in [-0.3, -0.25) is 0 Å². The maximum Gasteiger partial charge on any atom is 0.152 e. The lowest BCUT2D eigenvalue weighted by Gasteiger charge is -2.26. The van der Waals surface area contributed by atoms with Gasteiger partial charge in [0, 0.05) is 5.39 Å². The molecule has 3 rings (SSSR count). The fourth-order valence-corrected chi connectivity index (χ4v) is 3.85. The monoisotopic (exact) mass is 305 g/mol. The normalized spacial score (nSPS) is 23.8. The molecule has 1 aromatic heterocycles. The van der Waals surface area contributed by atoms with Crippen molar-refractivity contribution in [2.24, 2.45) is 11.8 Å². The first-order chi connectivity index (χ1) is 10.2. The molecule has 0 amide bonds. The summed E-state index contributed by atoms with van der Waals surface area (Å²) in [6, 6.07) is 8.43. The Morgan fingerprint density at radius 1 is 1.38 bits per heavy atom. The first-order valence-corrected chi connectivity index (χ1v) is 8.50. The van der Waals surface area contributed by atoms with Gasteiger partial charge in [-0.15, -0.1) is 0 Å². The molecule has 3 heteroatoms. The van der Waals surface area contributed by atoms with E-state index in [1.54, 1.807) is 0 Å². The van der Waals surface area contributed by atoms with E-state index in [0.717, 1.165) is 35.6 Å². The highest BCUT2D eigenvalue weighted by molar-refractivity contribution is 6.34. The van der Waals surface area contributed by atoms with E-state index in [-0.39, 0.29) is 0 Å². The van der Waals surface area contributed by atoms with E-state index in [1.807, 2.05) is 12.1 Å². The van der Waals surface area contributed by atoms with E-state index in [1.165, 1.54) is 19.3 Å². The molecule has 1 aliphatic rings. The summed E-state index contributed by atoms with van der Waals surface area (Å²) >= 11 is 6.25. The minimum Gasteiger partial charge on any atom is -0.458 e. The molecule has 0 spiro atoms. The van der Waals surface area contributed by atoms with E-state index in [0.29, 0.717) is 17.0 Å². The Bertz CT molecular complexity index is 606. The number of fused-ring (bicyclic) bond motifs is 1. The summed E-state index contributed by atoms with van der Waals surface area (Å²) in [5.74, 6) is 2.46. The molecule has 1 aromatic carbocycles. The third-order valence-electron chi connectivity index (χ3n) is 4.79. The number of para-hydroxylation sites is 1. The van der Waals surface area contributed by atoms with Crippen LogP contribution in [0, 0.1) is 11.8 Å². The Balaban J connectivity index is 1.95. The van der Waals surface area contributed by atoms with Gasteiger partial charge >= 0.3 is 0 Å². The second kappa shape index (κ2) is 6.41. The number of hydrogen-bond acceptors (Lipinski definition) is 2. The van der Waals surface area contributed by atoms with Gasteiger partial charge in [-0.2, -0.15) is 0 Å². The van der Waals surface area contributed by atoms with Crippen molar-refractivity contribution < 1.29 is 4.42 Å². The number of furan rings is 1. The predicted octanol–water partition coefficient (Wildman–Crippen LogP) is 5.56. The van der Waals surface area contributed by atoms with Crippen LogP contribution in [0.25, 0.3) is 11.0 Å². The molecule has 3 unspecified atom stereocenters. The van der Waals surface area contributed by atoms with Crippen molar-refractivity contribution >= 4 is 22.6 Å².